The van der Waals surface area contributed by atoms with Gasteiger partial charge in [0.1, 0.15) is 5.82 Å². The van der Waals surface area contributed by atoms with Crippen molar-refractivity contribution < 1.29 is 4.39 Å². The van der Waals surface area contributed by atoms with E-state index in [2.05, 4.69) is 5.32 Å². The highest BCUT2D eigenvalue weighted by atomic mass is 19.1. The van der Waals surface area contributed by atoms with Crippen molar-refractivity contribution in [2.24, 2.45) is 5.73 Å². The summed E-state index contributed by atoms with van der Waals surface area (Å²) < 4.78 is 12.6. The predicted molar refractivity (Wildman–Crippen MR) is 49.7 cm³/mol. The molecule has 0 aliphatic carbocycles. The average molecular weight is 180 g/mol. The van der Waals surface area contributed by atoms with Crippen molar-refractivity contribution in [2.45, 2.75) is 18.5 Å². The zero-order valence-corrected chi connectivity index (χ0v) is 7.33. The Morgan fingerprint density at radius 3 is 2.54 bits per heavy atom. The molecule has 0 saturated carbocycles. The third-order valence-electron chi connectivity index (χ3n) is 2.44. The van der Waals surface area contributed by atoms with Crippen molar-refractivity contribution in [1.29, 1.82) is 0 Å². The smallest absolute Gasteiger partial charge is 0.123 e. The van der Waals surface area contributed by atoms with Crippen LogP contribution < -0.4 is 11.1 Å². The van der Waals surface area contributed by atoms with E-state index in [4.69, 9.17) is 5.73 Å². The fourth-order valence-corrected chi connectivity index (χ4v) is 1.71. The molecule has 1 aliphatic rings. The summed E-state index contributed by atoms with van der Waals surface area (Å²) in [5.41, 5.74) is 6.88. The fourth-order valence-electron chi connectivity index (χ4n) is 1.71. The average Bonchev–Trinajstić information content (AvgIpc) is 2.53. The number of nitrogens with one attached hydrogen (secondary N) is 1. The van der Waals surface area contributed by atoms with Crippen LogP contribution in [0.3, 0.4) is 0 Å². The van der Waals surface area contributed by atoms with Crippen molar-refractivity contribution in [2.75, 3.05) is 6.54 Å². The van der Waals surface area contributed by atoms with Crippen molar-refractivity contribution in [3.63, 3.8) is 0 Å². The normalized spacial score (nSPS) is 27.8. The van der Waals surface area contributed by atoms with Gasteiger partial charge in [0, 0.05) is 18.6 Å². The second kappa shape index (κ2) is 3.44. The molecule has 2 atom stereocenters. The van der Waals surface area contributed by atoms with Crippen LogP contribution in [0.15, 0.2) is 24.3 Å². The number of hydrogen-bond acceptors (Lipinski definition) is 2. The quantitative estimate of drug-likeness (QED) is 0.681. The maximum atomic E-state index is 12.6. The van der Waals surface area contributed by atoms with Crippen molar-refractivity contribution in [3.8, 4) is 0 Å². The van der Waals surface area contributed by atoms with Crippen LogP contribution in [0.4, 0.5) is 4.39 Å². The van der Waals surface area contributed by atoms with Crippen LogP contribution >= 0.6 is 0 Å². The Labute approximate surface area is 76.9 Å². The van der Waals surface area contributed by atoms with E-state index in [1.54, 1.807) is 0 Å². The topological polar surface area (TPSA) is 38.0 Å². The van der Waals surface area contributed by atoms with E-state index in [9.17, 15) is 4.39 Å². The van der Waals surface area contributed by atoms with E-state index in [0.29, 0.717) is 6.04 Å². The summed E-state index contributed by atoms with van der Waals surface area (Å²) in [6.45, 7) is 0.849. The number of benzene rings is 1. The van der Waals surface area contributed by atoms with Crippen molar-refractivity contribution >= 4 is 0 Å². The number of halogens is 1. The summed E-state index contributed by atoms with van der Waals surface area (Å²) in [5.74, 6) is -0.189. The van der Waals surface area contributed by atoms with Crippen LogP contribution in [-0.2, 0) is 0 Å². The molecule has 0 radical (unpaired) electrons. The molecule has 1 aromatic carbocycles. The zero-order chi connectivity index (χ0) is 9.26. The van der Waals surface area contributed by atoms with Gasteiger partial charge in [-0.15, -0.1) is 0 Å². The minimum absolute atomic E-state index is 0.189. The molecule has 70 valence electrons. The largest absolute Gasteiger partial charge is 0.326 e. The van der Waals surface area contributed by atoms with Gasteiger partial charge in [0.15, 0.2) is 0 Å². The SMILES string of the molecule is NC1CNC(c2ccc(F)cc2)C1. The Morgan fingerprint density at radius 2 is 2.00 bits per heavy atom. The van der Waals surface area contributed by atoms with Gasteiger partial charge in [0.2, 0.25) is 0 Å². The maximum absolute atomic E-state index is 12.6. The first-order valence-corrected chi connectivity index (χ1v) is 4.50. The fraction of sp³-hybridized carbons (Fsp3) is 0.400. The number of hydrogen-bond donors (Lipinski definition) is 2. The first-order valence-electron chi connectivity index (χ1n) is 4.50. The third kappa shape index (κ3) is 1.87. The van der Waals surface area contributed by atoms with Crippen LogP contribution in [0.2, 0.25) is 0 Å². The summed E-state index contributed by atoms with van der Waals surface area (Å²) >= 11 is 0. The van der Waals surface area contributed by atoms with E-state index in [1.807, 2.05) is 12.1 Å². The van der Waals surface area contributed by atoms with Gasteiger partial charge in [-0.05, 0) is 24.1 Å². The van der Waals surface area contributed by atoms with Crippen LogP contribution in [-0.4, -0.2) is 12.6 Å². The second-order valence-electron chi connectivity index (χ2n) is 3.51. The summed E-state index contributed by atoms with van der Waals surface area (Å²) in [4.78, 5) is 0. The third-order valence-corrected chi connectivity index (χ3v) is 2.44. The second-order valence-corrected chi connectivity index (χ2v) is 3.51. The molecule has 0 spiro atoms. The molecule has 1 fully saturated rings. The molecular weight excluding hydrogens is 167 g/mol. The van der Waals surface area contributed by atoms with Gasteiger partial charge in [0.25, 0.3) is 0 Å². The Kier molecular flexibility index (Phi) is 2.29. The molecule has 0 bridgehead atoms. The van der Waals surface area contributed by atoms with E-state index in [-0.39, 0.29) is 11.9 Å². The molecule has 1 aliphatic heterocycles. The van der Waals surface area contributed by atoms with Crippen LogP contribution in [0.25, 0.3) is 0 Å². The molecule has 2 nitrogen and oxygen atoms in total. The molecule has 1 heterocycles. The van der Waals surface area contributed by atoms with Gasteiger partial charge in [-0.3, -0.25) is 0 Å². The molecule has 3 N–H and O–H groups in total. The molecule has 1 aromatic rings. The minimum atomic E-state index is -0.189. The number of rotatable bonds is 1. The van der Waals surface area contributed by atoms with Crippen LogP contribution in [0, 0.1) is 5.82 Å². The molecule has 3 heteroatoms. The van der Waals surface area contributed by atoms with Gasteiger partial charge < -0.3 is 11.1 Å². The molecule has 2 unspecified atom stereocenters. The summed E-state index contributed by atoms with van der Waals surface area (Å²) in [6.07, 6.45) is 0.936. The minimum Gasteiger partial charge on any atom is -0.326 e. The summed E-state index contributed by atoms with van der Waals surface area (Å²) in [7, 11) is 0. The lowest BCUT2D eigenvalue weighted by Gasteiger charge is -2.09. The monoisotopic (exact) mass is 180 g/mol. The Bertz CT molecular complexity index is 283. The van der Waals surface area contributed by atoms with E-state index in [0.717, 1.165) is 18.5 Å². The first kappa shape index (κ1) is 8.66. The lowest BCUT2D eigenvalue weighted by atomic mass is 10.0. The Hall–Kier alpha value is -0.930. The van der Waals surface area contributed by atoms with E-state index >= 15 is 0 Å². The molecule has 0 amide bonds. The molecule has 1 saturated heterocycles. The zero-order valence-electron chi connectivity index (χ0n) is 7.33. The van der Waals surface area contributed by atoms with Gasteiger partial charge in [-0.1, -0.05) is 12.1 Å². The first-order chi connectivity index (χ1) is 6.25. The summed E-state index contributed by atoms with van der Waals surface area (Å²) in [5, 5.41) is 3.29. The highest BCUT2D eigenvalue weighted by Crippen LogP contribution is 2.22. The molecule has 0 aromatic heterocycles. The summed E-state index contributed by atoms with van der Waals surface area (Å²) in [6, 6.07) is 7.13. The Morgan fingerprint density at radius 1 is 1.31 bits per heavy atom. The van der Waals surface area contributed by atoms with Crippen molar-refractivity contribution in [3.05, 3.63) is 35.6 Å². The highest BCUT2D eigenvalue weighted by Gasteiger charge is 2.21. The molecule has 2 rings (SSSR count). The van der Waals surface area contributed by atoms with Gasteiger partial charge >= 0.3 is 0 Å². The number of nitrogens with two attached hydrogens (primary N) is 1. The van der Waals surface area contributed by atoms with E-state index < -0.39 is 0 Å². The van der Waals surface area contributed by atoms with Gasteiger partial charge in [-0.2, -0.15) is 0 Å². The lowest BCUT2D eigenvalue weighted by molar-refractivity contribution is 0.615. The maximum Gasteiger partial charge on any atom is 0.123 e. The standard InChI is InChI=1S/C10H13FN2/c11-8-3-1-7(2-4-8)10-5-9(12)6-13-10/h1-4,9-10,13H,5-6,12H2. The lowest BCUT2D eigenvalue weighted by Crippen LogP contribution is -2.22. The highest BCUT2D eigenvalue weighted by molar-refractivity contribution is 5.21. The Balaban J connectivity index is 2.13. The predicted octanol–water partition coefficient (Wildman–Crippen LogP) is 1.19. The molecular formula is C10H13FN2. The van der Waals surface area contributed by atoms with Crippen LogP contribution in [0.5, 0.6) is 0 Å². The van der Waals surface area contributed by atoms with Crippen LogP contribution in [0.1, 0.15) is 18.0 Å². The van der Waals surface area contributed by atoms with E-state index in [1.165, 1.54) is 12.1 Å². The van der Waals surface area contributed by atoms with Gasteiger partial charge in [-0.25, -0.2) is 4.39 Å². The van der Waals surface area contributed by atoms with Gasteiger partial charge in [0.05, 0.1) is 0 Å². The molecule has 13 heavy (non-hydrogen) atoms. The van der Waals surface area contributed by atoms with Crippen molar-refractivity contribution in [1.82, 2.24) is 5.32 Å².